The molecule has 1 aliphatic rings. The van der Waals surface area contributed by atoms with Crippen LogP contribution in [0.5, 0.6) is 0 Å². The van der Waals surface area contributed by atoms with E-state index in [4.69, 9.17) is 27.1 Å². The molecule has 0 amide bonds. The monoisotopic (exact) mass is 248 g/mol. The molecule has 0 bridgehead atoms. The van der Waals surface area contributed by atoms with Crippen LogP contribution >= 0.6 is 10.0 Å². The van der Waals surface area contributed by atoms with Crippen molar-refractivity contribution in [3.63, 3.8) is 0 Å². The van der Waals surface area contributed by atoms with Crippen LogP contribution in [0.15, 0.2) is 17.5 Å². The van der Waals surface area contributed by atoms with E-state index < -0.39 is 13.9 Å². The molecule has 0 spiro atoms. The van der Waals surface area contributed by atoms with Gasteiger partial charge in [-0.3, -0.25) is 0 Å². The number of carbonyl (C=O) groups excluding carboxylic acids is 1. The molecule has 0 fully saturated rings. The van der Waals surface area contributed by atoms with E-state index in [9.17, 15) is 4.79 Å². The van der Waals surface area contributed by atoms with Gasteiger partial charge in [-0.15, -0.1) is 0 Å². The van der Waals surface area contributed by atoms with Crippen molar-refractivity contribution < 1.29 is 21.8 Å². The molecule has 15 heavy (non-hydrogen) atoms. The van der Waals surface area contributed by atoms with Gasteiger partial charge in [0.2, 0.25) is 11.5 Å². The highest BCUT2D eigenvalue weighted by Crippen LogP contribution is 2.26. The van der Waals surface area contributed by atoms with Crippen molar-refractivity contribution in [3.05, 3.63) is 17.5 Å². The first-order valence-corrected chi connectivity index (χ1v) is 7.14. The Labute approximate surface area is 96.5 Å². The summed E-state index contributed by atoms with van der Waals surface area (Å²) in [6.07, 6.45) is 0. The summed E-state index contributed by atoms with van der Waals surface area (Å²) in [7, 11) is 5.71. The van der Waals surface area contributed by atoms with Gasteiger partial charge in [0.15, 0.2) is 5.94 Å². The van der Waals surface area contributed by atoms with Crippen molar-refractivity contribution in [1.29, 1.82) is 0 Å². The summed E-state index contributed by atoms with van der Waals surface area (Å²) in [4.78, 5) is 10.6. The lowest BCUT2D eigenvalue weighted by Gasteiger charge is -2.23. The lowest BCUT2D eigenvalue weighted by atomic mass is 10.4. The first-order chi connectivity index (χ1) is 7.22. The Kier molecular flexibility index (Phi) is 4.86. The molecule has 0 aliphatic carbocycles. The number of hydrogen-bond donors (Lipinski definition) is 0. The summed E-state index contributed by atoms with van der Waals surface area (Å²) >= 11 is -2.41. The highest BCUT2D eigenvalue weighted by Gasteiger charge is 2.42. The second-order valence-corrected chi connectivity index (χ2v) is 4.51. The highest BCUT2D eigenvalue weighted by molar-refractivity contribution is 6.99. The summed E-state index contributed by atoms with van der Waals surface area (Å²) in [6, 6.07) is 0. The fourth-order valence-corrected chi connectivity index (χ4v) is 2.21. The zero-order valence-corrected chi connectivity index (χ0v) is 10.3. The van der Waals surface area contributed by atoms with Crippen LogP contribution in [0.1, 0.15) is 13.8 Å². The van der Waals surface area contributed by atoms with Crippen LogP contribution in [0.25, 0.3) is 0 Å². The van der Waals surface area contributed by atoms with Crippen LogP contribution in [0.2, 0.25) is 0 Å². The van der Waals surface area contributed by atoms with Gasteiger partial charge in [-0.2, -0.15) is 10.0 Å². The van der Waals surface area contributed by atoms with E-state index in [1.165, 1.54) is 0 Å². The fourth-order valence-electron chi connectivity index (χ4n) is 0.970. The van der Waals surface area contributed by atoms with E-state index in [0.29, 0.717) is 13.2 Å². The topological polar surface area (TPSA) is 54.0 Å². The Balaban J connectivity index is 3.00. The van der Waals surface area contributed by atoms with Gasteiger partial charge in [-0.25, -0.2) is 4.79 Å². The van der Waals surface area contributed by atoms with Crippen molar-refractivity contribution in [3.8, 4) is 0 Å². The second-order valence-electron chi connectivity index (χ2n) is 2.42. The molecule has 1 heterocycles. The maximum absolute atomic E-state index is 10.6. The van der Waals surface area contributed by atoms with Crippen molar-refractivity contribution in [1.82, 2.24) is 0 Å². The highest BCUT2D eigenvalue weighted by atomic mass is 35.6. The molecular formula is C8H10AlClO5. The predicted molar refractivity (Wildman–Crippen MR) is 53.3 cm³/mol. The molecular weight excluding hydrogens is 239 g/mol. The van der Waals surface area contributed by atoms with Gasteiger partial charge >= 0.3 is 13.9 Å². The second kappa shape index (κ2) is 5.94. The Morgan fingerprint density at radius 1 is 1.33 bits per heavy atom. The zero-order valence-electron chi connectivity index (χ0n) is 8.41. The summed E-state index contributed by atoms with van der Waals surface area (Å²) < 4.78 is 20.5. The molecule has 0 aromatic rings. The summed E-state index contributed by atoms with van der Waals surface area (Å²) in [5.41, 5.74) is 0. The Morgan fingerprint density at radius 3 is 2.53 bits per heavy atom. The molecule has 1 rings (SSSR count). The Morgan fingerprint density at radius 2 is 2.00 bits per heavy atom. The first kappa shape index (κ1) is 12.3. The maximum atomic E-state index is 10.6. The lowest BCUT2D eigenvalue weighted by molar-refractivity contribution is 0.0529. The standard InChI is InChI=1S/C8H12O5.Al.ClH/c1-3-12-7(6(10)5-9)8(11)13-4-2;;/h10-11H,3-4H2,1-2H3;;1H/q;+3;/p-3. The van der Waals surface area contributed by atoms with Gasteiger partial charge in [0.05, 0.1) is 13.2 Å². The van der Waals surface area contributed by atoms with Crippen molar-refractivity contribution in [2.75, 3.05) is 13.2 Å². The third-order valence-electron chi connectivity index (χ3n) is 1.46. The molecule has 0 N–H and O–H groups in total. The summed E-state index contributed by atoms with van der Waals surface area (Å²) in [6.45, 7) is 4.29. The van der Waals surface area contributed by atoms with Crippen LogP contribution in [-0.4, -0.2) is 33.0 Å². The predicted octanol–water partition coefficient (Wildman–Crippen LogP) is 1.21. The van der Waals surface area contributed by atoms with E-state index in [-0.39, 0.29) is 17.5 Å². The zero-order chi connectivity index (χ0) is 11.3. The van der Waals surface area contributed by atoms with Gasteiger partial charge in [-0.05, 0) is 13.8 Å². The largest absolute Gasteiger partial charge is 1.00 e. The molecule has 82 valence electrons. The molecule has 0 atom stereocenters. The van der Waals surface area contributed by atoms with Crippen LogP contribution in [0.4, 0.5) is 0 Å². The molecule has 0 radical (unpaired) electrons. The lowest BCUT2D eigenvalue weighted by Crippen LogP contribution is -2.25. The van der Waals surface area contributed by atoms with E-state index in [1.807, 2.05) is 0 Å². The normalized spacial score (nSPS) is 15.4. The summed E-state index contributed by atoms with van der Waals surface area (Å²) in [5, 5.41) is 0. The van der Waals surface area contributed by atoms with Crippen molar-refractivity contribution >= 4 is 29.9 Å². The number of hydrogen-bond acceptors (Lipinski definition) is 5. The van der Waals surface area contributed by atoms with E-state index in [1.54, 1.807) is 19.8 Å². The van der Waals surface area contributed by atoms with Gasteiger partial charge in [0, 0.05) is 0 Å². The molecule has 0 saturated heterocycles. The molecule has 1 aliphatic heterocycles. The average Bonchev–Trinajstić information content (AvgIpc) is 2.22. The summed E-state index contributed by atoms with van der Waals surface area (Å²) in [5.74, 6) is 1.76. The SMILES string of the molecule is CCOC1=C(OCC)C(=C=O)[O][Al]([Cl])[O]1. The third-order valence-corrected chi connectivity index (χ3v) is 2.81. The Bertz CT molecular complexity index is 310. The Hall–Kier alpha value is -0.788. The minimum absolute atomic E-state index is 0.0850. The van der Waals surface area contributed by atoms with Crippen LogP contribution in [0.3, 0.4) is 0 Å². The van der Waals surface area contributed by atoms with Crippen LogP contribution in [-0.2, 0) is 21.8 Å². The molecule has 0 unspecified atom stereocenters. The first-order valence-electron chi connectivity index (χ1n) is 4.45. The maximum Gasteiger partial charge on any atom is 1.00 e. The number of halogens is 1. The average molecular weight is 249 g/mol. The van der Waals surface area contributed by atoms with Crippen molar-refractivity contribution in [2.45, 2.75) is 13.8 Å². The number of ether oxygens (including phenoxy) is 2. The van der Waals surface area contributed by atoms with Gasteiger partial charge in [0.1, 0.15) is 0 Å². The smallest absolute Gasteiger partial charge is 0.589 e. The quantitative estimate of drug-likeness (QED) is 0.553. The molecule has 7 heteroatoms. The minimum Gasteiger partial charge on any atom is -0.589 e. The molecule has 0 saturated carbocycles. The van der Waals surface area contributed by atoms with Gasteiger partial charge in [-0.1, -0.05) is 0 Å². The van der Waals surface area contributed by atoms with Crippen LogP contribution < -0.4 is 0 Å². The minimum atomic E-state index is -2.41. The van der Waals surface area contributed by atoms with E-state index in [0.717, 1.165) is 0 Å². The van der Waals surface area contributed by atoms with Gasteiger partial charge < -0.3 is 17.1 Å². The molecule has 0 aromatic carbocycles. The van der Waals surface area contributed by atoms with E-state index >= 15 is 0 Å². The molecule has 5 nitrogen and oxygen atoms in total. The van der Waals surface area contributed by atoms with E-state index in [2.05, 4.69) is 0 Å². The fraction of sp³-hybridized carbons (Fsp3) is 0.500. The van der Waals surface area contributed by atoms with Crippen LogP contribution in [0, 0.1) is 0 Å². The van der Waals surface area contributed by atoms with Crippen molar-refractivity contribution in [2.24, 2.45) is 0 Å². The molecule has 0 aromatic heterocycles. The number of rotatable bonds is 4. The van der Waals surface area contributed by atoms with Gasteiger partial charge in [0.25, 0.3) is 5.95 Å². The third kappa shape index (κ3) is 3.08.